The topological polar surface area (TPSA) is 81.1 Å². The van der Waals surface area contributed by atoms with Gasteiger partial charge in [-0.15, -0.1) is 5.10 Å². The van der Waals surface area contributed by atoms with Crippen molar-refractivity contribution in [2.45, 2.75) is 19.8 Å². The average molecular weight is 329 g/mol. The van der Waals surface area contributed by atoms with E-state index in [-0.39, 0.29) is 5.91 Å². The molecule has 0 aliphatic carbocycles. The van der Waals surface area contributed by atoms with Crippen LogP contribution >= 0.6 is 0 Å². The maximum absolute atomic E-state index is 12.3. The van der Waals surface area contributed by atoms with Crippen molar-refractivity contribution in [3.05, 3.63) is 35.7 Å². The van der Waals surface area contributed by atoms with Gasteiger partial charge in [-0.1, -0.05) is 5.21 Å². The molecule has 1 amide bonds. The highest BCUT2D eigenvalue weighted by molar-refractivity contribution is 5.93. The second-order valence-corrected chi connectivity index (χ2v) is 6.04. The van der Waals surface area contributed by atoms with E-state index in [0.29, 0.717) is 18.2 Å². The van der Waals surface area contributed by atoms with Gasteiger partial charge in [-0.05, 0) is 63.0 Å². The predicted molar refractivity (Wildman–Crippen MR) is 90.6 cm³/mol. The summed E-state index contributed by atoms with van der Waals surface area (Å²) in [7, 11) is 1.62. The first-order valence-electron chi connectivity index (χ1n) is 8.24. The third-order valence-corrected chi connectivity index (χ3v) is 4.43. The standard InChI is InChI=1S/C17H23N5O2/c1-12-16(17(23)19-10-8-13-7-9-18-11-13)20-21-22(12)14-3-5-15(24-2)6-4-14/h3-6,13,18H,7-11H2,1-2H3,(H,19,23). The molecule has 1 aliphatic heterocycles. The van der Waals surface area contributed by atoms with Gasteiger partial charge in [0.15, 0.2) is 5.69 Å². The van der Waals surface area contributed by atoms with E-state index in [2.05, 4.69) is 20.9 Å². The van der Waals surface area contributed by atoms with Gasteiger partial charge in [-0.2, -0.15) is 0 Å². The zero-order valence-corrected chi connectivity index (χ0v) is 14.1. The first kappa shape index (κ1) is 16.4. The minimum Gasteiger partial charge on any atom is -0.497 e. The number of carbonyl (C=O) groups is 1. The molecule has 1 aliphatic rings. The molecular formula is C17H23N5O2. The zero-order chi connectivity index (χ0) is 16.9. The Balaban J connectivity index is 1.63. The molecule has 3 rings (SSSR count). The second kappa shape index (κ2) is 7.44. The van der Waals surface area contributed by atoms with Gasteiger partial charge in [0.25, 0.3) is 5.91 Å². The number of nitrogens with zero attached hydrogens (tertiary/aromatic N) is 3. The lowest BCUT2D eigenvalue weighted by Crippen LogP contribution is -2.27. The van der Waals surface area contributed by atoms with Gasteiger partial charge in [0.1, 0.15) is 5.75 Å². The Labute approximate surface area is 141 Å². The first-order valence-corrected chi connectivity index (χ1v) is 8.24. The van der Waals surface area contributed by atoms with Crippen molar-refractivity contribution in [3.63, 3.8) is 0 Å². The molecule has 1 unspecified atom stereocenters. The predicted octanol–water partition coefficient (Wildman–Crippen LogP) is 1.31. The van der Waals surface area contributed by atoms with E-state index in [1.807, 2.05) is 31.2 Å². The van der Waals surface area contributed by atoms with E-state index in [0.717, 1.165) is 36.6 Å². The Kier molecular flexibility index (Phi) is 5.10. The number of amides is 1. The molecule has 0 bridgehead atoms. The van der Waals surface area contributed by atoms with Gasteiger partial charge in [0.05, 0.1) is 18.5 Å². The number of hydrogen-bond donors (Lipinski definition) is 2. The Morgan fingerprint density at radius 3 is 2.88 bits per heavy atom. The van der Waals surface area contributed by atoms with Crippen molar-refractivity contribution in [3.8, 4) is 11.4 Å². The molecule has 1 atom stereocenters. The Morgan fingerprint density at radius 1 is 1.42 bits per heavy atom. The van der Waals surface area contributed by atoms with Crippen LogP contribution in [0.4, 0.5) is 0 Å². The molecule has 2 heterocycles. The maximum atomic E-state index is 12.3. The number of methoxy groups -OCH3 is 1. The summed E-state index contributed by atoms with van der Waals surface area (Å²) in [5.41, 5.74) is 1.94. The molecule has 128 valence electrons. The van der Waals surface area contributed by atoms with Crippen molar-refractivity contribution in [2.75, 3.05) is 26.7 Å². The van der Waals surface area contributed by atoms with Gasteiger partial charge in [0.2, 0.25) is 0 Å². The molecule has 1 aromatic carbocycles. The molecule has 0 radical (unpaired) electrons. The van der Waals surface area contributed by atoms with E-state index in [4.69, 9.17) is 4.74 Å². The molecule has 1 aromatic heterocycles. The largest absolute Gasteiger partial charge is 0.497 e. The summed E-state index contributed by atoms with van der Waals surface area (Å²) in [6, 6.07) is 7.47. The molecule has 0 spiro atoms. The molecule has 0 saturated carbocycles. The van der Waals surface area contributed by atoms with E-state index >= 15 is 0 Å². The van der Waals surface area contributed by atoms with Crippen molar-refractivity contribution in [2.24, 2.45) is 5.92 Å². The lowest BCUT2D eigenvalue weighted by Gasteiger charge is -2.09. The third kappa shape index (κ3) is 3.56. The van der Waals surface area contributed by atoms with Crippen LogP contribution < -0.4 is 15.4 Å². The summed E-state index contributed by atoms with van der Waals surface area (Å²) < 4.78 is 6.81. The van der Waals surface area contributed by atoms with Gasteiger partial charge in [-0.25, -0.2) is 4.68 Å². The van der Waals surface area contributed by atoms with Gasteiger partial charge in [-0.3, -0.25) is 4.79 Å². The zero-order valence-electron chi connectivity index (χ0n) is 14.1. The molecule has 7 heteroatoms. The normalized spacial score (nSPS) is 17.0. The summed E-state index contributed by atoms with van der Waals surface area (Å²) >= 11 is 0. The van der Waals surface area contributed by atoms with Crippen LogP contribution in [0.25, 0.3) is 5.69 Å². The molecule has 1 saturated heterocycles. The number of aromatic nitrogens is 3. The Hall–Kier alpha value is -2.41. The highest BCUT2D eigenvalue weighted by Gasteiger charge is 2.18. The monoisotopic (exact) mass is 329 g/mol. The number of rotatable bonds is 6. The highest BCUT2D eigenvalue weighted by Crippen LogP contribution is 2.17. The average Bonchev–Trinajstić information content (AvgIpc) is 3.24. The van der Waals surface area contributed by atoms with Crippen LogP contribution in [0, 0.1) is 12.8 Å². The van der Waals surface area contributed by atoms with Crippen LogP contribution in [0.15, 0.2) is 24.3 Å². The van der Waals surface area contributed by atoms with Crippen LogP contribution in [-0.2, 0) is 0 Å². The maximum Gasteiger partial charge on any atom is 0.273 e. The Morgan fingerprint density at radius 2 is 2.21 bits per heavy atom. The lowest BCUT2D eigenvalue weighted by molar-refractivity contribution is 0.0946. The van der Waals surface area contributed by atoms with Gasteiger partial charge < -0.3 is 15.4 Å². The van der Waals surface area contributed by atoms with Crippen molar-refractivity contribution < 1.29 is 9.53 Å². The number of hydrogen-bond acceptors (Lipinski definition) is 5. The summed E-state index contributed by atoms with van der Waals surface area (Å²) in [6.45, 7) is 4.64. The molecule has 2 aromatic rings. The molecule has 2 N–H and O–H groups in total. The SMILES string of the molecule is COc1ccc(-n2nnc(C(=O)NCCC3CCNC3)c2C)cc1. The number of nitrogens with one attached hydrogen (secondary N) is 2. The summed E-state index contributed by atoms with van der Waals surface area (Å²) in [5.74, 6) is 1.26. The fourth-order valence-corrected chi connectivity index (χ4v) is 2.94. The third-order valence-electron chi connectivity index (χ3n) is 4.43. The highest BCUT2D eigenvalue weighted by atomic mass is 16.5. The minimum absolute atomic E-state index is 0.168. The van der Waals surface area contributed by atoms with Crippen LogP contribution in [0.3, 0.4) is 0 Å². The lowest BCUT2D eigenvalue weighted by atomic mass is 10.1. The van der Waals surface area contributed by atoms with Crippen molar-refractivity contribution in [1.29, 1.82) is 0 Å². The van der Waals surface area contributed by atoms with Crippen LogP contribution in [0.5, 0.6) is 5.75 Å². The summed E-state index contributed by atoms with van der Waals surface area (Å²) in [5, 5.41) is 14.4. The molecule has 7 nitrogen and oxygen atoms in total. The number of carbonyl (C=O) groups excluding carboxylic acids is 1. The molecule has 24 heavy (non-hydrogen) atoms. The van der Waals surface area contributed by atoms with E-state index < -0.39 is 0 Å². The van der Waals surface area contributed by atoms with Crippen LogP contribution in [-0.4, -0.2) is 47.6 Å². The minimum atomic E-state index is -0.168. The van der Waals surface area contributed by atoms with Crippen LogP contribution in [0.2, 0.25) is 0 Å². The smallest absolute Gasteiger partial charge is 0.273 e. The molecule has 1 fully saturated rings. The molecular weight excluding hydrogens is 306 g/mol. The number of ether oxygens (including phenoxy) is 1. The summed E-state index contributed by atoms with van der Waals surface area (Å²) in [4.78, 5) is 12.3. The summed E-state index contributed by atoms with van der Waals surface area (Å²) in [6.07, 6.45) is 2.17. The van der Waals surface area contributed by atoms with Crippen molar-refractivity contribution in [1.82, 2.24) is 25.6 Å². The Bertz CT molecular complexity index is 690. The first-order chi connectivity index (χ1) is 11.7. The fraction of sp³-hybridized carbons (Fsp3) is 0.471. The van der Waals surface area contributed by atoms with E-state index in [1.165, 1.54) is 6.42 Å². The van der Waals surface area contributed by atoms with Crippen molar-refractivity contribution >= 4 is 5.91 Å². The van der Waals surface area contributed by atoms with Gasteiger partial charge in [0, 0.05) is 6.54 Å². The van der Waals surface area contributed by atoms with E-state index in [9.17, 15) is 4.79 Å². The van der Waals surface area contributed by atoms with Gasteiger partial charge >= 0.3 is 0 Å². The fourth-order valence-electron chi connectivity index (χ4n) is 2.94. The number of benzene rings is 1. The van der Waals surface area contributed by atoms with E-state index in [1.54, 1.807) is 11.8 Å². The quantitative estimate of drug-likeness (QED) is 0.835. The van der Waals surface area contributed by atoms with Crippen LogP contribution in [0.1, 0.15) is 29.0 Å². The second-order valence-electron chi connectivity index (χ2n) is 6.04.